The lowest BCUT2D eigenvalue weighted by Gasteiger charge is -2.31. The smallest absolute Gasteiger partial charge is 0.338 e. The summed E-state index contributed by atoms with van der Waals surface area (Å²) >= 11 is 0. The number of carbonyl (C=O) groups excluding carboxylic acids is 4. The van der Waals surface area contributed by atoms with Gasteiger partial charge in [0.25, 0.3) is 5.91 Å². The summed E-state index contributed by atoms with van der Waals surface area (Å²) in [5, 5.41) is 0. The molecule has 0 aliphatic carbocycles. The standard InChI is InChI=1S/C21H26N2O6/c1-3-28-20(26)14-5-7-16(8-6-14)23-18(24)13-17(19(23)25)22-11-9-15(10-12-22)21(27)29-4-2/h5-8,15,17H,3-4,9-13H2,1-2H3/p+1/t17-/m0/s1. The largest absolute Gasteiger partial charge is 0.466 e. The number of carbonyl (C=O) groups is 4. The molecule has 0 bridgehead atoms. The van der Waals surface area contributed by atoms with Gasteiger partial charge >= 0.3 is 11.9 Å². The summed E-state index contributed by atoms with van der Waals surface area (Å²) in [6, 6.07) is 5.85. The predicted octanol–water partition coefficient (Wildman–Crippen LogP) is 0.353. The Labute approximate surface area is 169 Å². The van der Waals surface area contributed by atoms with Crippen LogP contribution in [0.15, 0.2) is 24.3 Å². The van der Waals surface area contributed by atoms with Crippen LogP contribution in [0.4, 0.5) is 5.69 Å². The first-order valence-corrected chi connectivity index (χ1v) is 10.1. The van der Waals surface area contributed by atoms with Crippen molar-refractivity contribution in [2.24, 2.45) is 5.92 Å². The molecule has 2 amide bonds. The van der Waals surface area contributed by atoms with Gasteiger partial charge in [0.05, 0.1) is 49.9 Å². The Hall–Kier alpha value is -2.74. The van der Waals surface area contributed by atoms with Crippen LogP contribution in [0.5, 0.6) is 0 Å². The van der Waals surface area contributed by atoms with Crippen molar-refractivity contribution in [3.8, 4) is 0 Å². The molecule has 8 nitrogen and oxygen atoms in total. The number of imide groups is 1. The normalized spacial score (nSPS) is 24.5. The van der Waals surface area contributed by atoms with Crippen LogP contribution in [-0.2, 0) is 23.9 Å². The highest BCUT2D eigenvalue weighted by atomic mass is 16.5. The first-order chi connectivity index (χ1) is 14.0. The average molecular weight is 403 g/mol. The van der Waals surface area contributed by atoms with Crippen LogP contribution in [0.3, 0.4) is 0 Å². The predicted molar refractivity (Wildman–Crippen MR) is 103 cm³/mol. The van der Waals surface area contributed by atoms with Crippen molar-refractivity contribution in [2.45, 2.75) is 39.2 Å². The van der Waals surface area contributed by atoms with Crippen molar-refractivity contribution in [3.63, 3.8) is 0 Å². The van der Waals surface area contributed by atoms with Crippen molar-refractivity contribution in [1.82, 2.24) is 0 Å². The van der Waals surface area contributed by atoms with Crippen molar-refractivity contribution in [3.05, 3.63) is 29.8 Å². The molecule has 2 aliphatic rings. The van der Waals surface area contributed by atoms with E-state index in [9.17, 15) is 19.2 Å². The van der Waals surface area contributed by atoms with E-state index in [2.05, 4.69) is 0 Å². The maximum atomic E-state index is 13.0. The number of quaternary nitrogens is 1. The first-order valence-electron chi connectivity index (χ1n) is 10.1. The number of anilines is 1. The van der Waals surface area contributed by atoms with Crippen molar-refractivity contribution in [1.29, 1.82) is 0 Å². The number of hydrogen-bond acceptors (Lipinski definition) is 6. The number of piperidine rings is 1. The highest BCUT2D eigenvalue weighted by Gasteiger charge is 2.47. The Morgan fingerprint density at radius 1 is 1.03 bits per heavy atom. The molecule has 156 valence electrons. The van der Waals surface area contributed by atoms with Gasteiger partial charge in [-0.05, 0) is 38.1 Å². The van der Waals surface area contributed by atoms with Crippen LogP contribution < -0.4 is 9.80 Å². The van der Waals surface area contributed by atoms with Gasteiger partial charge in [0.2, 0.25) is 5.91 Å². The average Bonchev–Trinajstić information content (AvgIpc) is 3.02. The number of benzene rings is 1. The number of amides is 2. The zero-order chi connectivity index (χ0) is 21.0. The molecule has 0 saturated carbocycles. The minimum absolute atomic E-state index is 0.127. The van der Waals surface area contributed by atoms with E-state index in [1.807, 2.05) is 0 Å². The molecular formula is C21H27N2O6+. The van der Waals surface area contributed by atoms with Gasteiger partial charge in [-0.1, -0.05) is 0 Å². The SMILES string of the molecule is CCOC(=O)c1ccc(N2C(=O)C[C@H]([NH+]3CCC(C(=O)OCC)CC3)C2=O)cc1. The first kappa shape index (κ1) is 21.0. The van der Waals surface area contributed by atoms with Crippen molar-refractivity contribution >= 4 is 29.4 Å². The molecule has 1 atom stereocenters. The summed E-state index contributed by atoms with van der Waals surface area (Å²) in [7, 11) is 0. The van der Waals surface area contributed by atoms with Crippen LogP contribution in [0.25, 0.3) is 0 Å². The highest BCUT2D eigenvalue weighted by Crippen LogP contribution is 2.23. The van der Waals surface area contributed by atoms with Crippen LogP contribution in [0.1, 0.15) is 43.5 Å². The third-order valence-corrected chi connectivity index (χ3v) is 5.52. The Morgan fingerprint density at radius 2 is 1.66 bits per heavy atom. The number of ether oxygens (including phenoxy) is 2. The molecule has 2 aliphatic heterocycles. The molecular weight excluding hydrogens is 376 g/mol. The zero-order valence-electron chi connectivity index (χ0n) is 16.8. The van der Waals surface area contributed by atoms with Gasteiger partial charge in [-0.25, -0.2) is 9.69 Å². The molecule has 1 aromatic carbocycles. The van der Waals surface area contributed by atoms with Gasteiger partial charge in [-0.3, -0.25) is 14.4 Å². The van der Waals surface area contributed by atoms with E-state index in [0.717, 1.165) is 4.90 Å². The molecule has 0 unspecified atom stereocenters. The monoisotopic (exact) mass is 403 g/mol. The van der Waals surface area contributed by atoms with E-state index in [0.29, 0.717) is 43.8 Å². The fraction of sp³-hybridized carbons (Fsp3) is 0.524. The minimum atomic E-state index is -0.440. The fourth-order valence-corrected chi connectivity index (χ4v) is 4.02. The second-order valence-corrected chi connectivity index (χ2v) is 7.28. The third-order valence-electron chi connectivity index (χ3n) is 5.52. The van der Waals surface area contributed by atoms with Crippen LogP contribution in [0.2, 0.25) is 0 Å². The van der Waals surface area contributed by atoms with E-state index in [-0.39, 0.29) is 36.7 Å². The second-order valence-electron chi connectivity index (χ2n) is 7.28. The summed E-state index contributed by atoms with van der Waals surface area (Å²) in [6.45, 7) is 5.47. The maximum Gasteiger partial charge on any atom is 0.338 e. The molecule has 2 fully saturated rings. The Balaban J connectivity index is 1.64. The van der Waals surface area contributed by atoms with E-state index in [4.69, 9.17) is 9.47 Å². The third kappa shape index (κ3) is 4.48. The summed E-state index contributed by atoms with van der Waals surface area (Å²) in [5.74, 6) is -1.22. The van der Waals surface area contributed by atoms with Gasteiger partial charge < -0.3 is 14.4 Å². The number of nitrogens with zero attached hydrogens (tertiary/aromatic N) is 1. The van der Waals surface area contributed by atoms with E-state index >= 15 is 0 Å². The molecule has 0 aromatic heterocycles. The number of esters is 2. The molecule has 3 rings (SSSR count). The maximum absolute atomic E-state index is 13.0. The van der Waals surface area contributed by atoms with E-state index in [1.54, 1.807) is 38.1 Å². The lowest BCUT2D eigenvalue weighted by molar-refractivity contribution is -0.920. The topological polar surface area (TPSA) is 94.4 Å². The van der Waals surface area contributed by atoms with Gasteiger partial charge in [0.15, 0.2) is 6.04 Å². The number of rotatable bonds is 6. The Morgan fingerprint density at radius 3 is 2.24 bits per heavy atom. The molecule has 29 heavy (non-hydrogen) atoms. The number of likely N-dealkylation sites (tertiary alicyclic amines) is 1. The second kappa shape index (κ2) is 9.17. The van der Waals surface area contributed by atoms with Crippen LogP contribution in [0, 0.1) is 5.92 Å². The molecule has 8 heteroatoms. The van der Waals surface area contributed by atoms with E-state index in [1.165, 1.54) is 4.90 Å². The van der Waals surface area contributed by atoms with Gasteiger partial charge in [0.1, 0.15) is 0 Å². The summed E-state index contributed by atoms with van der Waals surface area (Å²) in [5.41, 5.74) is 0.828. The van der Waals surface area contributed by atoms with Gasteiger partial charge in [-0.2, -0.15) is 0 Å². The van der Waals surface area contributed by atoms with Crippen molar-refractivity contribution in [2.75, 3.05) is 31.2 Å². The Kier molecular flexibility index (Phi) is 6.64. The zero-order valence-corrected chi connectivity index (χ0v) is 16.8. The molecule has 0 radical (unpaired) electrons. The van der Waals surface area contributed by atoms with Crippen LogP contribution >= 0.6 is 0 Å². The minimum Gasteiger partial charge on any atom is -0.466 e. The van der Waals surface area contributed by atoms with Crippen LogP contribution in [-0.4, -0.2) is 56.1 Å². The highest BCUT2D eigenvalue weighted by molar-refractivity contribution is 6.22. The lowest BCUT2D eigenvalue weighted by atomic mass is 9.95. The fourth-order valence-electron chi connectivity index (χ4n) is 4.02. The molecule has 1 aromatic rings. The van der Waals surface area contributed by atoms with Gasteiger partial charge in [0, 0.05) is 12.8 Å². The summed E-state index contributed by atoms with van der Waals surface area (Å²) < 4.78 is 10.0. The quantitative estimate of drug-likeness (QED) is 0.544. The van der Waals surface area contributed by atoms with Gasteiger partial charge in [-0.15, -0.1) is 0 Å². The summed E-state index contributed by atoms with van der Waals surface area (Å²) in [6.07, 6.45) is 1.46. The number of nitrogens with one attached hydrogen (secondary N) is 1. The lowest BCUT2D eigenvalue weighted by Crippen LogP contribution is -3.17. The molecule has 0 spiro atoms. The number of hydrogen-bond donors (Lipinski definition) is 1. The molecule has 1 N–H and O–H groups in total. The van der Waals surface area contributed by atoms with E-state index < -0.39 is 12.0 Å². The molecule has 2 saturated heterocycles. The molecule has 2 heterocycles. The Bertz CT molecular complexity index is 783. The van der Waals surface area contributed by atoms with Crippen molar-refractivity contribution < 1.29 is 33.6 Å². The summed E-state index contributed by atoms with van der Waals surface area (Å²) in [4.78, 5) is 51.4.